The van der Waals surface area contributed by atoms with Crippen LogP contribution in [0.15, 0.2) is 0 Å². The molecule has 0 aliphatic rings. The van der Waals surface area contributed by atoms with Crippen molar-refractivity contribution in [1.29, 1.82) is 0 Å². The first-order valence-corrected chi connectivity index (χ1v) is 12.5. The van der Waals surface area contributed by atoms with Crippen molar-refractivity contribution in [2.24, 2.45) is 0 Å². The molecular formula is C8H22Cl2PtS2+2. The van der Waals surface area contributed by atoms with E-state index >= 15 is 0 Å². The number of hydrogen-bond acceptors (Lipinski definition) is 0. The monoisotopic (exact) mass is 447 g/mol. The van der Waals surface area contributed by atoms with Crippen molar-refractivity contribution in [2.45, 2.75) is 27.7 Å². The zero-order valence-corrected chi connectivity index (χ0v) is 14.4. The molecule has 0 aromatic carbocycles. The summed E-state index contributed by atoms with van der Waals surface area (Å²) in [6, 6.07) is 0. The van der Waals surface area contributed by atoms with Crippen LogP contribution in [0, 0.1) is 0 Å². The third-order valence-corrected chi connectivity index (χ3v) is 2.68. The van der Waals surface area contributed by atoms with Crippen LogP contribution in [0.2, 0.25) is 0 Å². The summed E-state index contributed by atoms with van der Waals surface area (Å²) >= 11 is 2.69. The Hall–Kier alpha value is 1.97. The molecule has 0 heterocycles. The second kappa shape index (κ2) is 29.2. The molecule has 0 aliphatic carbocycles. The molecule has 0 N–H and O–H groups in total. The van der Waals surface area contributed by atoms with Gasteiger partial charge in [0, 0.05) is 0 Å². The molecule has 0 aromatic rings. The first-order chi connectivity index (χ1) is 6.24. The summed E-state index contributed by atoms with van der Waals surface area (Å²) in [6.45, 7) is 8.80. The van der Waals surface area contributed by atoms with E-state index in [0.29, 0.717) is 0 Å². The van der Waals surface area contributed by atoms with Crippen LogP contribution in [0.1, 0.15) is 27.7 Å². The molecule has 0 nitrogen and oxygen atoms in total. The fraction of sp³-hybridized carbons (Fsp3) is 1.00. The van der Waals surface area contributed by atoms with Crippen molar-refractivity contribution < 1.29 is 16.5 Å². The third kappa shape index (κ3) is 56.2. The van der Waals surface area contributed by atoms with Crippen LogP contribution in [0.3, 0.4) is 0 Å². The predicted octanol–water partition coefficient (Wildman–Crippen LogP) is 3.06. The summed E-state index contributed by atoms with van der Waals surface area (Å²) in [7, 11) is 9.75. The summed E-state index contributed by atoms with van der Waals surface area (Å²) in [5.41, 5.74) is 0. The molecule has 0 aromatic heterocycles. The van der Waals surface area contributed by atoms with Crippen LogP contribution in [-0.2, 0) is 40.0 Å². The zero-order chi connectivity index (χ0) is 10.9. The Morgan fingerprint density at radius 1 is 0.769 bits per heavy atom. The summed E-state index contributed by atoms with van der Waals surface area (Å²) in [6.07, 6.45) is 0. The van der Waals surface area contributed by atoms with Gasteiger partial charge in [-0.15, -0.1) is 0 Å². The van der Waals surface area contributed by atoms with Crippen LogP contribution in [0.4, 0.5) is 0 Å². The normalized spacial score (nSPS) is 8.15. The van der Waals surface area contributed by atoms with E-state index in [1.54, 1.807) is 23.5 Å². The van der Waals surface area contributed by atoms with Gasteiger partial charge in [0.15, 0.2) is 0 Å². The van der Waals surface area contributed by atoms with E-state index in [1.807, 2.05) is 0 Å². The van der Waals surface area contributed by atoms with Crippen molar-refractivity contribution in [1.82, 2.24) is 0 Å². The molecule has 0 rings (SSSR count). The maximum absolute atomic E-state index is 4.88. The Morgan fingerprint density at radius 2 is 0.923 bits per heavy atom. The van der Waals surface area contributed by atoms with E-state index in [-0.39, 0.29) is 0 Å². The molecule has 0 fully saturated rings. The van der Waals surface area contributed by atoms with E-state index in [1.165, 1.54) is 23.0 Å². The summed E-state index contributed by atoms with van der Waals surface area (Å²) in [5.74, 6) is 5.26. The standard InChI is InChI=1S/2C4H10S.2ClH.Pt/c2*1-3-5-4-2;;;/h2*3-4H2,1-2H3;2*1H;/q;;;;+2. The van der Waals surface area contributed by atoms with Crippen LogP contribution in [0.5, 0.6) is 0 Å². The van der Waals surface area contributed by atoms with Gasteiger partial charge in [-0.05, 0) is 51.2 Å². The molecule has 13 heavy (non-hydrogen) atoms. The Balaban J connectivity index is -0.000000120. The summed E-state index contributed by atoms with van der Waals surface area (Å²) < 4.78 is 0. The molecule has 0 radical (unpaired) electrons. The van der Waals surface area contributed by atoms with Gasteiger partial charge < -0.3 is 0 Å². The van der Waals surface area contributed by atoms with Gasteiger partial charge in [-0.1, -0.05) is 0 Å². The Kier molecular flexibility index (Phi) is 45.8. The summed E-state index contributed by atoms with van der Waals surface area (Å²) in [4.78, 5) is 0. The van der Waals surface area contributed by atoms with Crippen molar-refractivity contribution in [3.8, 4) is 0 Å². The maximum atomic E-state index is 4.88. The van der Waals surface area contributed by atoms with Crippen molar-refractivity contribution in [2.75, 3.05) is 23.0 Å². The fourth-order valence-corrected chi connectivity index (χ4v) is 1.34. The Labute approximate surface area is 109 Å². The van der Waals surface area contributed by atoms with Gasteiger partial charge in [-0.25, -0.2) is 0 Å². The minimum absolute atomic E-state index is 0.472. The number of hydrogen-bond donors (Lipinski definition) is 0. The molecule has 0 spiro atoms. The molecule has 0 amide bonds. The Morgan fingerprint density at radius 3 is 0.923 bits per heavy atom. The minimum atomic E-state index is -0.472. The van der Waals surface area contributed by atoms with Crippen molar-refractivity contribution >= 4 is 42.4 Å². The zero-order valence-electron chi connectivity index (χ0n) is 8.80. The predicted molar refractivity (Wildman–Crippen MR) is 71.4 cm³/mol. The van der Waals surface area contributed by atoms with Crippen LogP contribution >= 0.6 is 18.8 Å². The molecule has 0 aliphatic heterocycles. The van der Waals surface area contributed by atoms with Crippen molar-refractivity contribution in [3.05, 3.63) is 0 Å². The molecule has 0 bridgehead atoms. The SMILES string of the molecule is CC[SH+]CC.CC[SH+]CC.[Cl][Pt][Cl]. The topological polar surface area (TPSA) is 0 Å². The first-order valence-electron chi connectivity index (χ1n) is 4.33. The third-order valence-electron chi connectivity index (χ3n) is 0.894. The van der Waals surface area contributed by atoms with E-state index < -0.39 is 16.5 Å². The van der Waals surface area contributed by atoms with Gasteiger partial charge in [-0.2, -0.15) is 0 Å². The van der Waals surface area contributed by atoms with Gasteiger partial charge in [0.2, 0.25) is 0 Å². The van der Waals surface area contributed by atoms with E-state index in [2.05, 4.69) is 27.7 Å². The van der Waals surface area contributed by atoms with Crippen LogP contribution < -0.4 is 0 Å². The Bertz CT molecular complexity index is 49.4. The van der Waals surface area contributed by atoms with Gasteiger partial charge in [0.1, 0.15) is 23.0 Å². The van der Waals surface area contributed by atoms with E-state index in [0.717, 1.165) is 0 Å². The first kappa shape index (κ1) is 20.4. The molecule has 5 heteroatoms. The summed E-state index contributed by atoms with van der Waals surface area (Å²) in [5, 5.41) is 0. The van der Waals surface area contributed by atoms with Gasteiger partial charge in [0.05, 0.1) is 0 Å². The average Bonchev–Trinajstić information content (AvgIpc) is 2.09. The number of halogens is 2. The van der Waals surface area contributed by atoms with Gasteiger partial charge in [-0.3, -0.25) is 0 Å². The van der Waals surface area contributed by atoms with Crippen LogP contribution in [-0.4, -0.2) is 23.0 Å². The van der Waals surface area contributed by atoms with E-state index in [9.17, 15) is 0 Å². The van der Waals surface area contributed by atoms with E-state index in [4.69, 9.17) is 18.8 Å². The molecule has 88 valence electrons. The molecular weight excluding hydrogens is 426 g/mol. The molecule has 0 saturated heterocycles. The number of thiol groups is 2. The van der Waals surface area contributed by atoms with Gasteiger partial charge >= 0.3 is 35.3 Å². The quantitative estimate of drug-likeness (QED) is 0.458. The molecule has 0 saturated carbocycles. The van der Waals surface area contributed by atoms with Crippen LogP contribution in [0.25, 0.3) is 0 Å². The second-order valence-corrected chi connectivity index (χ2v) is 8.46. The average molecular weight is 448 g/mol. The molecule has 0 unspecified atom stereocenters. The fourth-order valence-electron chi connectivity index (χ4n) is 0.447. The second-order valence-electron chi connectivity index (χ2n) is 1.76. The molecule has 0 atom stereocenters. The van der Waals surface area contributed by atoms with Crippen molar-refractivity contribution in [3.63, 3.8) is 0 Å². The number of rotatable bonds is 4. The van der Waals surface area contributed by atoms with Gasteiger partial charge in [0.25, 0.3) is 0 Å².